The lowest BCUT2D eigenvalue weighted by molar-refractivity contribution is -0.870. The van der Waals surface area contributed by atoms with Crippen molar-refractivity contribution in [3.8, 4) is 0 Å². The zero-order valence-corrected chi connectivity index (χ0v) is 51.7. The number of carbonyl (C=O) groups is 2. The van der Waals surface area contributed by atoms with E-state index >= 15 is 0 Å². The molecule has 0 heterocycles. The molecule has 75 heavy (non-hydrogen) atoms. The van der Waals surface area contributed by atoms with Crippen molar-refractivity contribution >= 4 is 19.7 Å². The number of phosphoric ester groups is 1. The van der Waals surface area contributed by atoms with E-state index < -0.39 is 20.0 Å². The molecule has 0 aromatic rings. The highest BCUT2D eigenvalue weighted by atomic mass is 31.2. The molecular formula is C65H128N2O7P+. The van der Waals surface area contributed by atoms with Crippen molar-refractivity contribution in [2.75, 3.05) is 40.9 Å². The zero-order valence-electron chi connectivity index (χ0n) is 50.8. The van der Waals surface area contributed by atoms with Gasteiger partial charge in [-0.15, -0.1) is 0 Å². The maximum absolute atomic E-state index is 13.6. The first kappa shape index (κ1) is 73.5. The fourth-order valence-electron chi connectivity index (χ4n) is 9.82. The number of phosphoric acid groups is 1. The maximum Gasteiger partial charge on any atom is 0.472 e. The molecule has 0 fully saturated rings. The highest BCUT2D eigenvalue weighted by Crippen LogP contribution is 2.43. The Morgan fingerprint density at radius 1 is 0.453 bits per heavy atom. The minimum atomic E-state index is -4.45. The van der Waals surface area contributed by atoms with Crippen LogP contribution in [0.15, 0.2) is 24.3 Å². The van der Waals surface area contributed by atoms with E-state index in [2.05, 4.69) is 38.2 Å². The van der Waals surface area contributed by atoms with Gasteiger partial charge in [-0.05, 0) is 57.4 Å². The number of amides is 1. The third-order valence-electron chi connectivity index (χ3n) is 14.9. The molecule has 3 unspecified atom stereocenters. The topological polar surface area (TPSA) is 111 Å². The van der Waals surface area contributed by atoms with Crippen molar-refractivity contribution in [1.29, 1.82) is 0 Å². The summed E-state index contributed by atoms with van der Waals surface area (Å²) in [6.45, 7) is 7.06. The van der Waals surface area contributed by atoms with Crippen molar-refractivity contribution in [1.82, 2.24) is 5.32 Å². The van der Waals surface area contributed by atoms with E-state index in [9.17, 15) is 19.0 Å². The number of carbonyl (C=O) groups excluding carboxylic acids is 2. The molecule has 0 radical (unpaired) electrons. The minimum Gasteiger partial charge on any atom is -0.456 e. The van der Waals surface area contributed by atoms with Crippen LogP contribution < -0.4 is 5.32 Å². The molecule has 3 atom stereocenters. The molecule has 0 aromatic heterocycles. The summed E-state index contributed by atoms with van der Waals surface area (Å²) in [5.74, 6) is -0.491. The molecule has 2 N–H and O–H groups in total. The molecule has 9 nitrogen and oxygen atoms in total. The Balaban J connectivity index is 5.21. The van der Waals surface area contributed by atoms with Gasteiger partial charge in [-0.2, -0.15) is 0 Å². The third-order valence-corrected chi connectivity index (χ3v) is 15.9. The summed E-state index contributed by atoms with van der Waals surface area (Å²) in [6.07, 6.45) is 66.0. The first-order chi connectivity index (χ1) is 36.4. The third kappa shape index (κ3) is 57.0. The molecule has 0 spiro atoms. The number of likely N-dealkylation sites (N-methyl/N-ethyl adjacent to an activating group) is 1. The van der Waals surface area contributed by atoms with Crippen LogP contribution in [0.1, 0.15) is 329 Å². The molecule has 0 bridgehead atoms. The molecule has 0 rings (SSSR count). The average molecular weight is 1080 g/mol. The van der Waals surface area contributed by atoms with Crippen LogP contribution in [0.3, 0.4) is 0 Å². The van der Waals surface area contributed by atoms with Crippen LogP contribution >= 0.6 is 7.82 Å². The Morgan fingerprint density at radius 3 is 1.13 bits per heavy atom. The first-order valence-electron chi connectivity index (χ1n) is 32.7. The Morgan fingerprint density at radius 2 is 0.773 bits per heavy atom. The van der Waals surface area contributed by atoms with Gasteiger partial charge in [-0.1, -0.05) is 283 Å². The van der Waals surface area contributed by atoms with Gasteiger partial charge < -0.3 is 19.4 Å². The van der Waals surface area contributed by atoms with Crippen LogP contribution in [0.4, 0.5) is 0 Å². The lowest BCUT2D eigenvalue weighted by Gasteiger charge is -2.27. The maximum atomic E-state index is 13.6. The molecule has 0 saturated carbocycles. The monoisotopic (exact) mass is 1080 g/mol. The van der Waals surface area contributed by atoms with Crippen LogP contribution in [0.5, 0.6) is 0 Å². The Bertz CT molecular complexity index is 1340. The van der Waals surface area contributed by atoms with Crippen LogP contribution in [-0.4, -0.2) is 74.3 Å². The van der Waals surface area contributed by atoms with Gasteiger partial charge in [-0.25, -0.2) is 4.57 Å². The molecule has 444 valence electrons. The Labute approximate surface area is 466 Å². The second-order valence-electron chi connectivity index (χ2n) is 23.6. The number of allylic oxidation sites excluding steroid dienone is 3. The van der Waals surface area contributed by atoms with Crippen LogP contribution in [-0.2, 0) is 27.9 Å². The quantitative estimate of drug-likeness (QED) is 0.0205. The van der Waals surface area contributed by atoms with Gasteiger partial charge in [0.15, 0.2) is 0 Å². The molecule has 0 aliphatic carbocycles. The molecular weight excluding hydrogens is 952 g/mol. The number of nitrogens with one attached hydrogen (secondary N) is 1. The number of hydrogen-bond acceptors (Lipinski definition) is 6. The fourth-order valence-corrected chi connectivity index (χ4v) is 10.6. The first-order valence-corrected chi connectivity index (χ1v) is 34.2. The molecule has 10 heteroatoms. The number of quaternary nitrogens is 1. The number of unbranched alkanes of at least 4 members (excludes halogenated alkanes) is 42. The van der Waals surface area contributed by atoms with E-state index in [0.29, 0.717) is 23.9 Å². The number of ether oxygens (including phenoxy) is 1. The highest BCUT2D eigenvalue weighted by molar-refractivity contribution is 7.47. The van der Waals surface area contributed by atoms with Gasteiger partial charge in [0.25, 0.3) is 0 Å². The molecule has 1 amide bonds. The Hall–Kier alpha value is -1.51. The summed E-state index contributed by atoms with van der Waals surface area (Å²) in [6, 6.07) is -0.845. The van der Waals surface area contributed by atoms with E-state index in [1.54, 1.807) is 0 Å². The van der Waals surface area contributed by atoms with Crippen molar-refractivity contribution < 1.29 is 37.3 Å². The lowest BCUT2D eigenvalue weighted by Crippen LogP contribution is -2.47. The number of nitrogens with zero attached hydrogens (tertiary/aromatic N) is 1. The van der Waals surface area contributed by atoms with Gasteiger partial charge in [0.1, 0.15) is 19.3 Å². The highest BCUT2D eigenvalue weighted by Gasteiger charge is 2.30. The molecule has 0 saturated heterocycles. The van der Waals surface area contributed by atoms with E-state index in [4.69, 9.17) is 13.8 Å². The van der Waals surface area contributed by atoms with Gasteiger partial charge in [-0.3, -0.25) is 18.6 Å². The summed E-state index contributed by atoms with van der Waals surface area (Å²) >= 11 is 0. The number of rotatable bonds is 60. The summed E-state index contributed by atoms with van der Waals surface area (Å²) in [7, 11) is 1.51. The summed E-state index contributed by atoms with van der Waals surface area (Å²) in [5.41, 5.74) is 0. The predicted molar refractivity (Wildman–Crippen MR) is 323 cm³/mol. The smallest absolute Gasteiger partial charge is 0.456 e. The number of hydrogen-bond donors (Lipinski definition) is 2. The molecule has 0 aliphatic rings. The largest absolute Gasteiger partial charge is 0.472 e. The van der Waals surface area contributed by atoms with Gasteiger partial charge in [0.05, 0.1) is 33.8 Å². The van der Waals surface area contributed by atoms with E-state index in [1.165, 1.54) is 238 Å². The van der Waals surface area contributed by atoms with Gasteiger partial charge in [0, 0.05) is 12.8 Å². The standard InChI is InChI=1S/C65H127N2O7P/c1-7-10-13-16-19-22-25-28-30-32-33-35-37-40-43-46-49-52-55-58-65(69)74-63(56-53-50-47-44-41-38-27-24-21-18-15-12-9-3)62(61-73-75(70,71)72-60-59-67(4,5)6)66-64(68)57-54-51-48-45-42-39-36-34-31-29-26-23-20-17-14-11-8-2/h29,31,53,56,62-63H,7-28,30,32-52,54-55,57-61H2,1-6H3,(H-,66,68,70,71)/p+1/b31-29+,56-53+. The van der Waals surface area contributed by atoms with E-state index in [-0.39, 0.29) is 25.1 Å². The summed E-state index contributed by atoms with van der Waals surface area (Å²) in [5, 5.41) is 3.07. The van der Waals surface area contributed by atoms with Crippen molar-refractivity contribution in [3.05, 3.63) is 24.3 Å². The van der Waals surface area contributed by atoms with Crippen molar-refractivity contribution in [2.24, 2.45) is 0 Å². The van der Waals surface area contributed by atoms with Gasteiger partial charge in [0.2, 0.25) is 5.91 Å². The summed E-state index contributed by atoms with van der Waals surface area (Å²) < 4.78 is 30.8. The van der Waals surface area contributed by atoms with Crippen LogP contribution in [0.2, 0.25) is 0 Å². The predicted octanol–water partition coefficient (Wildman–Crippen LogP) is 20.1. The average Bonchev–Trinajstić information content (AvgIpc) is 3.37. The second-order valence-corrected chi connectivity index (χ2v) is 25.1. The van der Waals surface area contributed by atoms with Crippen molar-refractivity contribution in [2.45, 2.75) is 341 Å². The number of esters is 1. The minimum absolute atomic E-state index is 0.0430. The van der Waals surface area contributed by atoms with E-state index in [1.807, 2.05) is 33.3 Å². The Kier molecular flexibility index (Phi) is 54.7. The van der Waals surface area contributed by atoms with Crippen molar-refractivity contribution in [3.63, 3.8) is 0 Å². The normalized spacial score (nSPS) is 13.7. The second kappa shape index (κ2) is 55.8. The summed E-state index contributed by atoms with van der Waals surface area (Å²) in [4.78, 5) is 37.8. The van der Waals surface area contributed by atoms with E-state index in [0.717, 1.165) is 57.8 Å². The SMILES string of the molecule is CCCCCCCC/C=C/CCCCCCCCCC(=O)NC(COP(=O)(O)OCC[N+](C)(C)C)C(/C=C/CCCCCCCCCCCCC)OC(=O)CCCCCCCCCCCCCCCCCCCCC. The lowest BCUT2D eigenvalue weighted by atomic mass is 10.0. The van der Waals surface area contributed by atoms with Crippen LogP contribution in [0.25, 0.3) is 0 Å². The molecule has 0 aromatic carbocycles. The zero-order chi connectivity index (χ0) is 55.0. The van der Waals surface area contributed by atoms with Crippen LogP contribution in [0, 0.1) is 0 Å². The van der Waals surface area contributed by atoms with Gasteiger partial charge >= 0.3 is 13.8 Å². The molecule has 0 aliphatic heterocycles. The fraction of sp³-hybridized carbons (Fsp3) is 0.908.